The van der Waals surface area contributed by atoms with E-state index in [0.717, 1.165) is 0 Å². The fourth-order valence-corrected chi connectivity index (χ4v) is 0.537. The van der Waals surface area contributed by atoms with Crippen LogP contribution in [0.15, 0.2) is 0 Å². The molecule has 66 valence electrons. The Morgan fingerprint density at radius 1 is 1.27 bits per heavy atom. The first-order valence-electron chi connectivity index (χ1n) is 3.71. The smallest absolute Gasteiger partial charge is 0.219 e. The molecule has 0 aromatic carbocycles. The van der Waals surface area contributed by atoms with E-state index in [1.165, 1.54) is 0 Å². The fourth-order valence-electron chi connectivity index (χ4n) is 0.537. The first-order chi connectivity index (χ1) is 5.27. The van der Waals surface area contributed by atoms with Gasteiger partial charge in [0.1, 0.15) is 0 Å². The molecule has 0 saturated heterocycles. The molecule has 0 aliphatic heterocycles. The second-order valence-electron chi connectivity index (χ2n) is 2.03. The molecular formula is C7H15NO3. The van der Waals surface area contributed by atoms with Crippen LogP contribution >= 0.6 is 0 Å². The number of rotatable bonds is 7. The minimum absolute atomic E-state index is 0.284. The van der Waals surface area contributed by atoms with E-state index < -0.39 is 0 Å². The third-order valence-corrected chi connectivity index (χ3v) is 1.07. The summed E-state index contributed by atoms with van der Waals surface area (Å²) in [4.78, 5) is 10.2. The summed E-state index contributed by atoms with van der Waals surface area (Å²) >= 11 is 0. The third-order valence-electron chi connectivity index (χ3n) is 1.07. The van der Waals surface area contributed by atoms with E-state index in [2.05, 4.69) is 0 Å². The Hall–Kier alpha value is -0.610. The lowest BCUT2D eigenvalue weighted by Crippen LogP contribution is -2.14. The van der Waals surface area contributed by atoms with Gasteiger partial charge in [0.15, 0.2) is 0 Å². The van der Waals surface area contributed by atoms with Crippen LogP contribution in [0.4, 0.5) is 0 Å². The molecule has 2 N–H and O–H groups in total. The van der Waals surface area contributed by atoms with Gasteiger partial charge in [-0.3, -0.25) is 4.79 Å². The minimum Gasteiger partial charge on any atom is -0.379 e. The highest BCUT2D eigenvalue weighted by molar-refractivity contribution is 5.73. The second-order valence-corrected chi connectivity index (χ2v) is 2.03. The van der Waals surface area contributed by atoms with E-state index in [4.69, 9.17) is 15.2 Å². The van der Waals surface area contributed by atoms with E-state index in [-0.39, 0.29) is 12.3 Å². The van der Waals surface area contributed by atoms with Gasteiger partial charge >= 0.3 is 0 Å². The topological polar surface area (TPSA) is 61.6 Å². The molecule has 0 atom stereocenters. The summed E-state index contributed by atoms with van der Waals surface area (Å²) in [7, 11) is 0. The second kappa shape index (κ2) is 7.50. The first kappa shape index (κ1) is 10.4. The first-order valence-corrected chi connectivity index (χ1v) is 3.71. The highest BCUT2D eigenvalue weighted by Gasteiger charge is 1.93. The van der Waals surface area contributed by atoms with Crippen molar-refractivity contribution in [1.82, 2.24) is 0 Å². The number of hydrogen-bond donors (Lipinski definition) is 1. The van der Waals surface area contributed by atoms with Crippen molar-refractivity contribution in [3.8, 4) is 0 Å². The Morgan fingerprint density at radius 3 is 2.45 bits per heavy atom. The van der Waals surface area contributed by atoms with Crippen molar-refractivity contribution in [3.63, 3.8) is 0 Å². The SMILES string of the molecule is CCOCCOCCC(N)=O. The van der Waals surface area contributed by atoms with Crippen LogP contribution in [0.25, 0.3) is 0 Å². The molecule has 0 fully saturated rings. The van der Waals surface area contributed by atoms with Gasteiger partial charge in [-0.25, -0.2) is 0 Å². The van der Waals surface area contributed by atoms with Gasteiger partial charge in [0.2, 0.25) is 5.91 Å². The maximum absolute atomic E-state index is 10.2. The molecule has 0 aliphatic rings. The van der Waals surface area contributed by atoms with Crippen molar-refractivity contribution in [2.45, 2.75) is 13.3 Å². The quantitative estimate of drug-likeness (QED) is 0.531. The van der Waals surface area contributed by atoms with Gasteiger partial charge in [-0.1, -0.05) is 0 Å². The van der Waals surface area contributed by atoms with E-state index in [9.17, 15) is 4.79 Å². The normalized spacial score (nSPS) is 9.91. The van der Waals surface area contributed by atoms with Crippen molar-refractivity contribution in [2.75, 3.05) is 26.4 Å². The molecule has 0 heterocycles. The summed E-state index contributed by atoms with van der Waals surface area (Å²) in [6.07, 6.45) is 0.284. The summed E-state index contributed by atoms with van der Waals surface area (Å²) in [6, 6.07) is 0. The highest BCUT2D eigenvalue weighted by Crippen LogP contribution is 1.81. The molecule has 0 radical (unpaired) electrons. The molecule has 0 bridgehead atoms. The van der Waals surface area contributed by atoms with E-state index in [1.807, 2.05) is 6.92 Å². The molecule has 0 aliphatic carbocycles. The third kappa shape index (κ3) is 9.39. The molecule has 0 saturated carbocycles. The highest BCUT2D eigenvalue weighted by atomic mass is 16.5. The van der Waals surface area contributed by atoms with Crippen LogP contribution in [0.5, 0.6) is 0 Å². The summed E-state index contributed by atoms with van der Waals surface area (Å²) in [5.41, 5.74) is 4.88. The summed E-state index contributed by atoms with van der Waals surface area (Å²) in [5.74, 6) is -0.332. The van der Waals surface area contributed by atoms with Gasteiger partial charge in [0, 0.05) is 13.0 Å². The molecule has 0 rings (SSSR count). The number of ether oxygens (including phenoxy) is 2. The number of amides is 1. The molecule has 4 nitrogen and oxygen atoms in total. The summed E-state index contributed by atoms with van der Waals surface area (Å²) < 4.78 is 10.0. The summed E-state index contributed by atoms with van der Waals surface area (Å²) in [5, 5.41) is 0. The maximum Gasteiger partial charge on any atom is 0.219 e. The van der Waals surface area contributed by atoms with Crippen LogP contribution < -0.4 is 5.73 Å². The van der Waals surface area contributed by atoms with Crippen LogP contribution in [-0.2, 0) is 14.3 Å². The molecule has 0 aromatic rings. The lowest BCUT2D eigenvalue weighted by molar-refractivity contribution is -0.119. The average Bonchev–Trinajstić information content (AvgIpc) is 1.96. The number of nitrogens with two attached hydrogens (primary N) is 1. The van der Waals surface area contributed by atoms with Crippen molar-refractivity contribution in [1.29, 1.82) is 0 Å². The number of carbonyl (C=O) groups excluding carboxylic acids is 1. The molecular weight excluding hydrogens is 146 g/mol. The lowest BCUT2D eigenvalue weighted by atomic mass is 10.4. The zero-order valence-corrected chi connectivity index (χ0v) is 6.84. The Bertz CT molecular complexity index is 106. The van der Waals surface area contributed by atoms with Crippen molar-refractivity contribution in [3.05, 3.63) is 0 Å². The summed E-state index contributed by atoms with van der Waals surface area (Å²) in [6.45, 7) is 4.11. The molecule has 1 amide bonds. The molecule has 0 aromatic heterocycles. The van der Waals surface area contributed by atoms with E-state index in [1.54, 1.807) is 0 Å². The Kier molecular flexibility index (Phi) is 7.08. The van der Waals surface area contributed by atoms with Crippen LogP contribution in [0, 0.1) is 0 Å². The Labute approximate surface area is 66.7 Å². The molecule has 0 spiro atoms. The van der Waals surface area contributed by atoms with Crippen LogP contribution in [0.2, 0.25) is 0 Å². The van der Waals surface area contributed by atoms with Gasteiger partial charge in [-0.15, -0.1) is 0 Å². The fraction of sp³-hybridized carbons (Fsp3) is 0.857. The van der Waals surface area contributed by atoms with Gasteiger partial charge in [-0.05, 0) is 6.92 Å². The van der Waals surface area contributed by atoms with Crippen LogP contribution in [-0.4, -0.2) is 32.3 Å². The number of carbonyl (C=O) groups is 1. The van der Waals surface area contributed by atoms with Gasteiger partial charge in [-0.2, -0.15) is 0 Å². The Balaban J connectivity index is 2.85. The predicted molar refractivity (Wildman–Crippen MR) is 41.1 cm³/mol. The molecule has 4 heteroatoms. The standard InChI is InChI=1S/C7H15NO3/c1-2-10-5-6-11-4-3-7(8)9/h2-6H2,1H3,(H2,8,9). The molecule has 11 heavy (non-hydrogen) atoms. The zero-order valence-electron chi connectivity index (χ0n) is 6.84. The monoisotopic (exact) mass is 161 g/mol. The van der Waals surface area contributed by atoms with E-state index >= 15 is 0 Å². The van der Waals surface area contributed by atoms with Gasteiger partial charge in [0.25, 0.3) is 0 Å². The van der Waals surface area contributed by atoms with E-state index in [0.29, 0.717) is 26.4 Å². The van der Waals surface area contributed by atoms with Crippen LogP contribution in [0.3, 0.4) is 0 Å². The largest absolute Gasteiger partial charge is 0.379 e. The number of primary amides is 1. The maximum atomic E-state index is 10.2. The van der Waals surface area contributed by atoms with Gasteiger partial charge in [0.05, 0.1) is 19.8 Å². The molecule has 0 unspecified atom stereocenters. The average molecular weight is 161 g/mol. The lowest BCUT2D eigenvalue weighted by Gasteiger charge is -2.01. The van der Waals surface area contributed by atoms with Gasteiger partial charge < -0.3 is 15.2 Å². The van der Waals surface area contributed by atoms with Crippen LogP contribution in [0.1, 0.15) is 13.3 Å². The number of hydrogen-bond acceptors (Lipinski definition) is 3. The van der Waals surface area contributed by atoms with Crippen molar-refractivity contribution >= 4 is 5.91 Å². The van der Waals surface area contributed by atoms with Crippen molar-refractivity contribution < 1.29 is 14.3 Å². The van der Waals surface area contributed by atoms with Crippen molar-refractivity contribution in [2.24, 2.45) is 5.73 Å². The predicted octanol–water partition coefficient (Wildman–Crippen LogP) is -0.0851. The Morgan fingerprint density at radius 2 is 1.91 bits per heavy atom. The minimum atomic E-state index is -0.332. The zero-order chi connectivity index (χ0) is 8.53.